The van der Waals surface area contributed by atoms with Gasteiger partial charge in [-0.3, -0.25) is 14.7 Å². The maximum Gasteiger partial charge on any atom is 0.253 e. The van der Waals surface area contributed by atoms with Crippen LogP contribution in [0.1, 0.15) is 48.7 Å². The number of rotatable bonds is 10. The number of H-pyrrole nitrogens is 1. The van der Waals surface area contributed by atoms with Gasteiger partial charge in [0.05, 0.1) is 5.69 Å². The van der Waals surface area contributed by atoms with Gasteiger partial charge < -0.3 is 10.2 Å². The number of amides is 2. The van der Waals surface area contributed by atoms with Crippen molar-refractivity contribution in [3.63, 3.8) is 0 Å². The number of nitrogens with one attached hydrogen (secondary N) is 2. The molecule has 2 N–H and O–H groups in total. The first-order valence-electron chi connectivity index (χ1n) is 11.8. The molecule has 1 heterocycles. The Morgan fingerprint density at radius 3 is 2.48 bits per heavy atom. The Balaban J connectivity index is 1.16. The number of hydrogen-bond acceptors (Lipinski definition) is 3. The van der Waals surface area contributed by atoms with Crippen LogP contribution in [0.3, 0.4) is 0 Å². The quantitative estimate of drug-likeness (QED) is 0.424. The number of aromatic nitrogens is 2. The van der Waals surface area contributed by atoms with Gasteiger partial charge in [0.2, 0.25) is 5.91 Å². The van der Waals surface area contributed by atoms with Crippen molar-refractivity contribution in [3.8, 4) is 11.3 Å². The largest absolute Gasteiger partial charge is 0.342 e. The van der Waals surface area contributed by atoms with E-state index in [1.165, 1.54) is 0 Å². The van der Waals surface area contributed by atoms with Crippen molar-refractivity contribution in [3.05, 3.63) is 71.9 Å². The molecule has 2 atom stereocenters. The maximum atomic E-state index is 12.7. The monoisotopic (exact) mass is 444 g/mol. The molecule has 2 aromatic carbocycles. The Hall–Kier alpha value is -3.41. The van der Waals surface area contributed by atoms with Crippen molar-refractivity contribution in [1.82, 2.24) is 15.1 Å². The summed E-state index contributed by atoms with van der Waals surface area (Å²) in [5.74, 6) is 0.692. The third kappa shape index (κ3) is 6.09. The molecule has 1 aliphatic rings. The molecule has 0 spiro atoms. The van der Waals surface area contributed by atoms with E-state index in [0.29, 0.717) is 11.5 Å². The van der Waals surface area contributed by atoms with E-state index in [-0.39, 0.29) is 17.7 Å². The van der Waals surface area contributed by atoms with E-state index in [9.17, 15) is 9.59 Å². The summed E-state index contributed by atoms with van der Waals surface area (Å²) in [6, 6.07) is 19.5. The molecule has 3 aromatic rings. The zero-order valence-electron chi connectivity index (χ0n) is 19.4. The normalized spacial score (nSPS) is 16.9. The minimum atomic E-state index is 0.00441. The van der Waals surface area contributed by atoms with E-state index in [0.717, 1.165) is 61.3 Å². The summed E-state index contributed by atoms with van der Waals surface area (Å²) in [4.78, 5) is 26.5. The first kappa shape index (κ1) is 22.8. The summed E-state index contributed by atoms with van der Waals surface area (Å²) < 4.78 is 0. The van der Waals surface area contributed by atoms with Gasteiger partial charge in [-0.25, -0.2) is 0 Å². The molecule has 2 unspecified atom stereocenters. The highest BCUT2D eigenvalue weighted by Gasteiger charge is 2.39. The molecule has 1 aromatic heterocycles. The van der Waals surface area contributed by atoms with Gasteiger partial charge in [-0.1, -0.05) is 43.7 Å². The zero-order valence-corrected chi connectivity index (χ0v) is 19.4. The fourth-order valence-corrected chi connectivity index (χ4v) is 4.03. The summed E-state index contributed by atoms with van der Waals surface area (Å²) in [7, 11) is 1.84. The minimum Gasteiger partial charge on any atom is -0.342 e. The third-order valence-electron chi connectivity index (χ3n) is 6.33. The molecule has 4 rings (SSSR count). The molecule has 33 heavy (non-hydrogen) atoms. The molecule has 6 nitrogen and oxygen atoms in total. The van der Waals surface area contributed by atoms with E-state index >= 15 is 0 Å². The van der Waals surface area contributed by atoms with Gasteiger partial charge in [-0.05, 0) is 61.9 Å². The fraction of sp³-hybridized carbons (Fsp3) is 0.370. The van der Waals surface area contributed by atoms with Crippen molar-refractivity contribution in [2.24, 2.45) is 11.8 Å². The number of hydrogen-bond donors (Lipinski definition) is 2. The van der Waals surface area contributed by atoms with Gasteiger partial charge in [0, 0.05) is 42.0 Å². The van der Waals surface area contributed by atoms with Crippen LogP contribution >= 0.6 is 0 Å². The van der Waals surface area contributed by atoms with Crippen LogP contribution in [0.5, 0.6) is 0 Å². The number of nitrogens with zero attached hydrogens (tertiary/aromatic N) is 2. The van der Waals surface area contributed by atoms with Gasteiger partial charge in [-0.2, -0.15) is 5.10 Å². The fourth-order valence-electron chi connectivity index (χ4n) is 4.03. The Bertz CT molecular complexity index is 1080. The zero-order chi connectivity index (χ0) is 23.2. The second kappa shape index (κ2) is 10.5. The Morgan fingerprint density at radius 2 is 1.79 bits per heavy atom. The van der Waals surface area contributed by atoms with E-state index < -0.39 is 0 Å². The minimum absolute atomic E-state index is 0.00441. The Labute approximate surface area is 195 Å². The number of carbonyl (C=O) groups is 2. The highest BCUT2D eigenvalue weighted by molar-refractivity contribution is 5.96. The van der Waals surface area contributed by atoms with Crippen LogP contribution in [0.25, 0.3) is 11.3 Å². The van der Waals surface area contributed by atoms with E-state index in [1.807, 2.05) is 25.2 Å². The molecule has 0 radical (unpaired) electrons. The third-order valence-corrected chi connectivity index (χ3v) is 6.33. The van der Waals surface area contributed by atoms with Gasteiger partial charge >= 0.3 is 0 Å². The van der Waals surface area contributed by atoms with Crippen molar-refractivity contribution in [2.45, 2.75) is 39.0 Å². The van der Waals surface area contributed by atoms with Gasteiger partial charge in [0.25, 0.3) is 5.91 Å². The van der Waals surface area contributed by atoms with Crippen molar-refractivity contribution < 1.29 is 9.59 Å². The highest BCUT2D eigenvalue weighted by atomic mass is 16.2. The maximum absolute atomic E-state index is 12.7. The van der Waals surface area contributed by atoms with Crippen LogP contribution in [0.15, 0.2) is 60.7 Å². The van der Waals surface area contributed by atoms with Crippen molar-refractivity contribution >= 4 is 17.5 Å². The molecule has 2 amide bonds. The number of benzene rings is 2. The van der Waals surface area contributed by atoms with Gasteiger partial charge in [-0.15, -0.1) is 0 Å². The van der Waals surface area contributed by atoms with Crippen LogP contribution < -0.4 is 5.32 Å². The molecule has 6 heteroatoms. The molecular weight excluding hydrogens is 412 g/mol. The van der Waals surface area contributed by atoms with Crippen molar-refractivity contribution in [1.29, 1.82) is 0 Å². The van der Waals surface area contributed by atoms with Crippen LogP contribution in [0.2, 0.25) is 0 Å². The lowest BCUT2D eigenvalue weighted by Crippen LogP contribution is -2.27. The summed E-state index contributed by atoms with van der Waals surface area (Å²) in [6.07, 6.45) is 4.96. The number of aromatic amines is 1. The Morgan fingerprint density at radius 1 is 1.06 bits per heavy atom. The van der Waals surface area contributed by atoms with Crippen LogP contribution in [-0.2, 0) is 11.2 Å². The lowest BCUT2D eigenvalue weighted by Gasteiger charge is -2.17. The van der Waals surface area contributed by atoms with Crippen LogP contribution in [0.4, 0.5) is 5.69 Å². The Kier molecular flexibility index (Phi) is 7.23. The van der Waals surface area contributed by atoms with Gasteiger partial charge in [0.1, 0.15) is 0 Å². The van der Waals surface area contributed by atoms with E-state index in [1.54, 1.807) is 29.2 Å². The second-order valence-electron chi connectivity index (χ2n) is 9.07. The summed E-state index contributed by atoms with van der Waals surface area (Å²) in [6.45, 7) is 2.80. The lowest BCUT2D eigenvalue weighted by molar-refractivity contribution is -0.117. The number of carbonyl (C=O) groups excluding carboxylic acids is 2. The standard InChI is InChI=1S/C27H32N4O2/c1-19-17-24(19)26(32)28-22-14-12-21(13-15-22)27(33)31(2)16-8-4-7-11-23-18-25(30-29-23)20-9-5-3-6-10-20/h3,5-6,9-10,12-15,18-19,24H,4,7-8,11,16-17H2,1-2H3,(H,28,32)(H,29,30). The average Bonchev–Trinajstić information content (AvgIpc) is 3.39. The van der Waals surface area contributed by atoms with Crippen LogP contribution in [0, 0.1) is 11.8 Å². The summed E-state index contributed by atoms with van der Waals surface area (Å²) in [5.41, 5.74) is 4.62. The summed E-state index contributed by atoms with van der Waals surface area (Å²) in [5, 5.41) is 10.5. The molecule has 0 bridgehead atoms. The number of anilines is 1. The molecule has 1 saturated carbocycles. The highest BCUT2D eigenvalue weighted by Crippen LogP contribution is 2.38. The first-order chi connectivity index (χ1) is 16.0. The summed E-state index contributed by atoms with van der Waals surface area (Å²) >= 11 is 0. The predicted molar refractivity (Wildman–Crippen MR) is 131 cm³/mol. The topological polar surface area (TPSA) is 78.1 Å². The molecule has 0 saturated heterocycles. The van der Waals surface area contributed by atoms with Crippen LogP contribution in [-0.4, -0.2) is 40.5 Å². The SMILES string of the molecule is CC1CC1C(=O)Nc1ccc(C(=O)N(C)CCCCCc2cc(-c3ccccc3)n[nH]2)cc1. The van der Waals surface area contributed by atoms with E-state index in [2.05, 4.69) is 40.6 Å². The molecular formula is C27H32N4O2. The molecule has 172 valence electrons. The number of unbranched alkanes of at least 4 members (excludes halogenated alkanes) is 2. The smallest absolute Gasteiger partial charge is 0.253 e. The number of aryl methyl sites for hydroxylation is 1. The molecule has 1 fully saturated rings. The second-order valence-corrected chi connectivity index (χ2v) is 9.07. The first-order valence-corrected chi connectivity index (χ1v) is 11.8. The average molecular weight is 445 g/mol. The molecule has 0 aliphatic heterocycles. The molecule has 1 aliphatic carbocycles. The lowest BCUT2D eigenvalue weighted by atomic mass is 10.1. The van der Waals surface area contributed by atoms with E-state index in [4.69, 9.17) is 0 Å². The predicted octanol–water partition coefficient (Wildman–Crippen LogP) is 5.16. The van der Waals surface area contributed by atoms with Gasteiger partial charge in [0.15, 0.2) is 0 Å². The van der Waals surface area contributed by atoms with Crippen molar-refractivity contribution in [2.75, 3.05) is 18.9 Å².